The van der Waals surface area contributed by atoms with Crippen LogP contribution in [0.2, 0.25) is 0 Å². The third-order valence-electron chi connectivity index (χ3n) is 3.26. The number of ether oxygens (including phenoxy) is 1. The lowest BCUT2D eigenvalue weighted by molar-refractivity contribution is 0.291. The van der Waals surface area contributed by atoms with Gasteiger partial charge in [-0.15, -0.1) is 11.6 Å². The average Bonchev–Trinajstić information content (AvgIpc) is 2.37. The van der Waals surface area contributed by atoms with Crippen molar-refractivity contribution < 1.29 is 4.74 Å². The van der Waals surface area contributed by atoms with Crippen LogP contribution >= 0.6 is 27.5 Å². The quantitative estimate of drug-likeness (QED) is 0.651. The van der Waals surface area contributed by atoms with E-state index in [-0.39, 0.29) is 5.38 Å². The fourth-order valence-electron chi connectivity index (χ4n) is 2.29. The molecule has 18 heavy (non-hydrogen) atoms. The van der Waals surface area contributed by atoms with Crippen LogP contribution in [0.3, 0.4) is 0 Å². The number of benzene rings is 1. The molecule has 1 fully saturated rings. The van der Waals surface area contributed by atoms with Crippen LogP contribution in [-0.2, 0) is 0 Å². The Morgan fingerprint density at radius 2 is 2.17 bits per heavy atom. The number of nitrogens with one attached hydrogen (secondary N) is 1. The van der Waals surface area contributed by atoms with Gasteiger partial charge in [0.1, 0.15) is 12.4 Å². The number of hydrogen-bond donors (Lipinski definition) is 1. The van der Waals surface area contributed by atoms with Gasteiger partial charge in [0, 0.05) is 22.4 Å². The number of halogens is 2. The Kier molecular flexibility index (Phi) is 5.80. The molecule has 1 N–H and O–H groups in total. The monoisotopic (exact) mass is 331 g/mol. The van der Waals surface area contributed by atoms with Crippen molar-refractivity contribution in [3.63, 3.8) is 0 Å². The zero-order valence-electron chi connectivity index (χ0n) is 10.4. The van der Waals surface area contributed by atoms with Crippen molar-refractivity contribution in [3.05, 3.63) is 28.7 Å². The minimum atomic E-state index is 0.282. The maximum Gasteiger partial charge on any atom is 0.120 e. The van der Waals surface area contributed by atoms with Crippen molar-refractivity contribution in [3.8, 4) is 5.75 Å². The van der Waals surface area contributed by atoms with Gasteiger partial charge in [0.25, 0.3) is 0 Å². The van der Waals surface area contributed by atoms with Gasteiger partial charge in [0.15, 0.2) is 0 Å². The Morgan fingerprint density at radius 1 is 1.33 bits per heavy atom. The van der Waals surface area contributed by atoms with Crippen molar-refractivity contribution >= 4 is 27.5 Å². The van der Waals surface area contributed by atoms with Crippen molar-refractivity contribution in [2.75, 3.05) is 13.2 Å². The summed E-state index contributed by atoms with van der Waals surface area (Å²) in [6, 6.07) is 8.36. The predicted octanol–water partition coefficient (Wildman–Crippen LogP) is 3.97. The molecule has 1 aromatic carbocycles. The van der Waals surface area contributed by atoms with E-state index in [1.54, 1.807) is 0 Å². The SMILES string of the molecule is ClC1CCCCC1NCCOc1cccc(Br)c1. The molecule has 0 radical (unpaired) electrons. The molecule has 0 amide bonds. The Bertz CT molecular complexity index is 375. The van der Waals surface area contributed by atoms with E-state index in [9.17, 15) is 0 Å². The normalized spacial score (nSPS) is 23.9. The van der Waals surface area contributed by atoms with E-state index in [1.165, 1.54) is 19.3 Å². The molecule has 2 rings (SSSR count). The fraction of sp³-hybridized carbons (Fsp3) is 0.571. The highest BCUT2D eigenvalue weighted by atomic mass is 79.9. The van der Waals surface area contributed by atoms with Crippen LogP contribution in [0.15, 0.2) is 28.7 Å². The molecule has 0 saturated heterocycles. The molecule has 100 valence electrons. The Hall–Kier alpha value is -0.250. The fourth-order valence-corrected chi connectivity index (χ4v) is 3.03. The van der Waals surface area contributed by atoms with Crippen LogP contribution in [0.1, 0.15) is 25.7 Å². The first-order valence-corrected chi connectivity index (χ1v) is 7.74. The number of rotatable bonds is 5. The minimum Gasteiger partial charge on any atom is -0.492 e. The Labute approximate surface area is 122 Å². The highest BCUT2D eigenvalue weighted by Crippen LogP contribution is 2.23. The summed E-state index contributed by atoms with van der Waals surface area (Å²) in [7, 11) is 0. The third kappa shape index (κ3) is 4.45. The van der Waals surface area contributed by atoms with Gasteiger partial charge in [0.05, 0.1) is 0 Å². The van der Waals surface area contributed by atoms with Crippen molar-refractivity contribution in [1.82, 2.24) is 5.32 Å². The molecule has 1 aromatic rings. The maximum atomic E-state index is 6.29. The standard InChI is InChI=1S/C14H19BrClNO/c15-11-4-3-5-12(10-11)18-9-8-17-14-7-2-1-6-13(14)16/h3-5,10,13-14,17H,1-2,6-9H2. The van der Waals surface area contributed by atoms with E-state index in [2.05, 4.69) is 21.2 Å². The second-order valence-electron chi connectivity index (χ2n) is 4.67. The molecule has 2 unspecified atom stereocenters. The second kappa shape index (κ2) is 7.37. The molecule has 0 heterocycles. The number of hydrogen-bond acceptors (Lipinski definition) is 2. The molecule has 0 aliphatic heterocycles. The first-order chi connectivity index (χ1) is 8.75. The van der Waals surface area contributed by atoms with E-state index in [1.807, 2.05) is 24.3 Å². The van der Waals surface area contributed by atoms with Gasteiger partial charge in [-0.05, 0) is 31.0 Å². The lowest BCUT2D eigenvalue weighted by Gasteiger charge is -2.27. The Morgan fingerprint density at radius 3 is 2.94 bits per heavy atom. The van der Waals surface area contributed by atoms with Gasteiger partial charge in [0.2, 0.25) is 0 Å². The summed E-state index contributed by atoms with van der Waals surface area (Å²) >= 11 is 9.72. The third-order valence-corrected chi connectivity index (χ3v) is 4.27. The zero-order valence-corrected chi connectivity index (χ0v) is 12.7. The van der Waals surface area contributed by atoms with E-state index >= 15 is 0 Å². The van der Waals surface area contributed by atoms with Gasteiger partial charge < -0.3 is 10.1 Å². The Balaban J connectivity index is 1.66. The van der Waals surface area contributed by atoms with E-state index in [0.29, 0.717) is 12.6 Å². The summed E-state index contributed by atoms with van der Waals surface area (Å²) in [5.74, 6) is 0.900. The molecule has 2 nitrogen and oxygen atoms in total. The molecule has 1 aliphatic rings. The molecule has 0 bridgehead atoms. The molecule has 2 atom stereocenters. The van der Waals surface area contributed by atoms with Crippen LogP contribution in [0.5, 0.6) is 5.75 Å². The van der Waals surface area contributed by atoms with Gasteiger partial charge in [-0.1, -0.05) is 34.8 Å². The van der Waals surface area contributed by atoms with Crippen molar-refractivity contribution in [2.45, 2.75) is 37.1 Å². The lowest BCUT2D eigenvalue weighted by atomic mass is 9.95. The predicted molar refractivity (Wildman–Crippen MR) is 79.5 cm³/mol. The second-order valence-corrected chi connectivity index (χ2v) is 6.14. The van der Waals surface area contributed by atoms with Gasteiger partial charge in [-0.2, -0.15) is 0 Å². The molecule has 1 saturated carbocycles. The smallest absolute Gasteiger partial charge is 0.120 e. The molecular weight excluding hydrogens is 314 g/mol. The van der Waals surface area contributed by atoms with Gasteiger partial charge in [-0.25, -0.2) is 0 Å². The van der Waals surface area contributed by atoms with Crippen molar-refractivity contribution in [1.29, 1.82) is 0 Å². The molecule has 0 spiro atoms. The summed E-state index contributed by atoms with van der Waals surface area (Å²) in [4.78, 5) is 0. The van der Waals surface area contributed by atoms with Gasteiger partial charge >= 0.3 is 0 Å². The minimum absolute atomic E-state index is 0.282. The summed E-state index contributed by atoms with van der Waals surface area (Å²) in [6.45, 7) is 1.52. The summed E-state index contributed by atoms with van der Waals surface area (Å²) in [5.41, 5.74) is 0. The van der Waals surface area contributed by atoms with Crippen LogP contribution in [0.4, 0.5) is 0 Å². The first kappa shape index (κ1) is 14.2. The zero-order chi connectivity index (χ0) is 12.8. The van der Waals surface area contributed by atoms with Crippen molar-refractivity contribution in [2.24, 2.45) is 0 Å². The van der Waals surface area contributed by atoms with Crippen LogP contribution < -0.4 is 10.1 Å². The highest BCUT2D eigenvalue weighted by molar-refractivity contribution is 9.10. The van der Waals surface area contributed by atoms with Gasteiger partial charge in [-0.3, -0.25) is 0 Å². The average molecular weight is 333 g/mol. The molecule has 0 aromatic heterocycles. The van der Waals surface area contributed by atoms with E-state index in [4.69, 9.17) is 16.3 Å². The van der Waals surface area contributed by atoms with Crippen LogP contribution in [-0.4, -0.2) is 24.6 Å². The number of alkyl halides is 1. The van der Waals surface area contributed by atoms with E-state index < -0.39 is 0 Å². The summed E-state index contributed by atoms with van der Waals surface area (Å²) in [5, 5.41) is 3.77. The van der Waals surface area contributed by atoms with Crippen LogP contribution in [0, 0.1) is 0 Å². The first-order valence-electron chi connectivity index (χ1n) is 6.51. The van der Waals surface area contributed by atoms with Crippen LogP contribution in [0.25, 0.3) is 0 Å². The molecule has 4 heteroatoms. The highest BCUT2D eigenvalue weighted by Gasteiger charge is 2.21. The maximum absolute atomic E-state index is 6.29. The summed E-state index contributed by atoms with van der Waals surface area (Å²) in [6.07, 6.45) is 4.87. The topological polar surface area (TPSA) is 21.3 Å². The molecule has 1 aliphatic carbocycles. The molecular formula is C14H19BrClNO. The largest absolute Gasteiger partial charge is 0.492 e. The lowest BCUT2D eigenvalue weighted by Crippen LogP contribution is -2.41. The summed E-state index contributed by atoms with van der Waals surface area (Å²) < 4.78 is 6.72. The van der Waals surface area contributed by atoms with E-state index in [0.717, 1.165) is 23.2 Å².